The third kappa shape index (κ3) is 5.75. The first-order chi connectivity index (χ1) is 14.0. The van der Waals surface area contributed by atoms with Crippen molar-refractivity contribution in [3.05, 3.63) is 59.9 Å². The second-order valence-electron chi connectivity index (χ2n) is 7.07. The van der Waals surface area contributed by atoms with E-state index in [1.165, 1.54) is 23.3 Å². The first-order valence-corrected chi connectivity index (χ1v) is 11.3. The molecule has 3 rings (SSSR count). The third-order valence-corrected chi connectivity index (χ3v) is 6.79. The Hall–Kier alpha value is -2.49. The number of nitrogens with two attached hydrogens (primary N) is 1. The molecule has 2 heterocycles. The molecule has 1 aliphatic heterocycles. The highest BCUT2D eigenvalue weighted by molar-refractivity contribution is 7.92. The lowest BCUT2D eigenvalue weighted by Crippen LogP contribution is -2.34. The average Bonchev–Trinajstić information content (AvgIpc) is 3.26. The van der Waals surface area contributed by atoms with E-state index in [2.05, 4.69) is 9.88 Å². The Bertz CT molecular complexity index is 897. The Kier molecular flexibility index (Phi) is 7.18. The van der Waals surface area contributed by atoms with Crippen molar-refractivity contribution in [1.29, 1.82) is 0 Å². The summed E-state index contributed by atoms with van der Waals surface area (Å²) in [7, 11) is -3.53. The van der Waals surface area contributed by atoms with Crippen LogP contribution in [0.25, 0.3) is 0 Å². The van der Waals surface area contributed by atoms with Gasteiger partial charge in [0.25, 0.3) is 5.91 Å². The number of hydrogen-bond acceptors (Lipinski definition) is 6. The maximum absolute atomic E-state index is 13.1. The van der Waals surface area contributed by atoms with Crippen LogP contribution in [0.5, 0.6) is 0 Å². The molecule has 9 heteroatoms. The van der Waals surface area contributed by atoms with Crippen LogP contribution < -0.4 is 15.6 Å². The number of amides is 1. The van der Waals surface area contributed by atoms with Crippen LogP contribution in [0.15, 0.2) is 48.7 Å². The quantitative estimate of drug-likeness (QED) is 0.364. The summed E-state index contributed by atoms with van der Waals surface area (Å²) in [4.78, 5) is 18.1. The van der Waals surface area contributed by atoms with Gasteiger partial charge in [-0.2, -0.15) is 0 Å². The van der Waals surface area contributed by atoms with Crippen LogP contribution >= 0.6 is 0 Å². The van der Waals surface area contributed by atoms with Crippen molar-refractivity contribution in [2.45, 2.75) is 25.8 Å². The van der Waals surface area contributed by atoms with Crippen molar-refractivity contribution < 1.29 is 13.2 Å². The van der Waals surface area contributed by atoms with Gasteiger partial charge in [-0.25, -0.2) is 14.3 Å². The highest BCUT2D eigenvalue weighted by Gasteiger charge is 2.24. The van der Waals surface area contributed by atoms with Gasteiger partial charge < -0.3 is 4.90 Å². The molecule has 156 valence electrons. The van der Waals surface area contributed by atoms with Gasteiger partial charge in [-0.3, -0.25) is 19.5 Å². The molecule has 1 fully saturated rings. The maximum Gasteiger partial charge on any atom is 0.266 e. The molecule has 1 amide bonds. The van der Waals surface area contributed by atoms with Gasteiger partial charge in [0.2, 0.25) is 10.0 Å². The number of nitrogen functional groups attached to an aromatic ring is 1. The summed E-state index contributed by atoms with van der Waals surface area (Å²) in [6.45, 7) is 2.99. The number of anilines is 1. The van der Waals surface area contributed by atoms with Gasteiger partial charge >= 0.3 is 0 Å². The van der Waals surface area contributed by atoms with Crippen LogP contribution in [-0.2, 0) is 16.6 Å². The molecular weight excluding hydrogens is 390 g/mol. The minimum Gasteiger partial charge on any atom is -0.303 e. The highest BCUT2D eigenvalue weighted by atomic mass is 32.2. The lowest BCUT2D eigenvalue weighted by atomic mass is 10.2. The molecule has 0 saturated carbocycles. The monoisotopic (exact) mass is 417 g/mol. The second kappa shape index (κ2) is 9.82. The van der Waals surface area contributed by atoms with Crippen LogP contribution in [0, 0.1) is 0 Å². The Morgan fingerprint density at radius 3 is 2.48 bits per heavy atom. The van der Waals surface area contributed by atoms with Gasteiger partial charge in [0.1, 0.15) is 0 Å². The van der Waals surface area contributed by atoms with E-state index in [1.807, 2.05) is 23.6 Å². The van der Waals surface area contributed by atoms with E-state index in [-0.39, 0.29) is 12.3 Å². The Labute approximate surface area is 171 Å². The molecular formula is C20H27N5O3S. The number of rotatable bonds is 9. The Morgan fingerprint density at radius 2 is 1.86 bits per heavy atom. The summed E-state index contributed by atoms with van der Waals surface area (Å²) in [6.07, 6.45) is 4.36. The van der Waals surface area contributed by atoms with E-state index in [4.69, 9.17) is 5.84 Å². The Balaban J connectivity index is 1.74. The third-order valence-electron chi connectivity index (χ3n) is 4.98. The predicted octanol–water partition coefficient (Wildman–Crippen LogP) is 1.51. The van der Waals surface area contributed by atoms with E-state index in [0.29, 0.717) is 23.4 Å². The van der Waals surface area contributed by atoms with Gasteiger partial charge in [0, 0.05) is 6.20 Å². The summed E-state index contributed by atoms with van der Waals surface area (Å²) in [5.41, 5.74) is 3.51. The maximum atomic E-state index is 13.1. The second-order valence-corrected chi connectivity index (χ2v) is 9.09. The number of pyridine rings is 1. The van der Waals surface area contributed by atoms with Gasteiger partial charge in [-0.05, 0) is 63.2 Å². The van der Waals surface area contributed by atoms with E-state index < -0.39 is 15.9 Å². The SMILES string of the molecule is NNC(=O)c1ccc(CN(c2ccccc2)S(=O)(=O)CCCN2CCCC2)nc1. The number of carbonyl (C=O) groups excluding carboxylic acids is 1. The molecule has 0 unspecified atom stereocenters. The summed E-state index contributed by atoms with van der Waals surface area (Å²) >= 11 is 0. The molecule has 3 N–H and O–H groups in total. The van der Waals surface area contributed by atoms with Crippen LogP contribution in [0.3, 0.4) is 0 Å². The van der Waals surface area contributed by atoms with Crippen molar-refractivity contribution >= 4 is 21.6 Å². The molecule has 0 radical (unpaired) electrons. The molecule has 0 spiro atoms. The molecule has 0 bridgehead atoms. The molecule has 1 aromatic heterocycles. The predicted molar refractivity (Wildman–Crippen MR) is 113 cm³/mol. The van der Waals surface area contributed by atoms with Crippen LogP contribution in [-0.4, -0.2) is 49.6 Å². The van der Waals surface area contributed by atoms with Gasteiger partial charge in [-0.15, -0.1) is 0 Å². The molecule has 0 atom stereocenters. The number of carbonyl (C=O) groups is 1. The zero-order chi connectivity index (χ0) is 20.7. The van der Waals surface area contributed by atoms with E-state index in [9.17, 15) is 13.2 Å². The molecule has 1 aromatic carbocycles. The number of nitrogens with zero attached hydrogens (tertiary/aromatic N) is 3. The molecule has 1 aliphatic rings. The van der Waals surface area contributed by atoms with Crippen LogP contribution in [0.1, 0.15) is 35.3 Å². The normalized spacial score (nSPS) is 14.7. The Morgan fingerprint density at radius 1 is 1.14 bits per heavy atom. The summed E-state index contributed by atoms with van der Waals surface area (Å²) in [6, 6.07) is 12.2. The van der Waals surface area contributed by atoms with E-state index in [0.717, 1.165) is 19.6 Å². The van der Waals surface area contributed by atoms with Crippen LogP contribution in [0.2, 0.25) is 0 Å². The molecule has 8 nitrogen and oxygen atoms in total. The fourth-order valence-corrected chi connectivity index (χ4v) is 4.90. The van der Waals surface area contributed by atoms with Gasteiger partial charge in [0.15, 0.2) is 0 Å². The van der Waals surface area contributed by atoms with Crippen molar-refractivity contribution in [3.63, 3.8) is 0 Å². The van der Waals surface area contributed by atoms with Crippen molar-refractivity contribution in [2.75, 3.05) is 29.7 Å². The summed E-state index contributed by atoms with van der Waals surface area (Å²) < 4.78 is 27.7. The minimum atomic E-state index is -3.53. The standard InChI is InChI=1S/C20H27N5O3S/c21-23-20(26)17-9-10-18(22-15-17)16-25(19-7-2-1-3-8-19)29(27,28)14-6-13-24-11-4-5-12-24/h1-3,7-10,15H,4-6,11-14,16,21H2,(H,23,26). The average molecular weight is 418 g/mol. The number of hydrogen-bond donors (Lipinski definition) is 2. The fourth-order valence-electron chi connectivity index (χ4n) is 3.41. The summed E-state index contributed by atoms with van der Waals surface area (Å²) in [5, 5.41) is 0. The van der Waals surface area contributed by atoms with E-state index >= 15 is 0 Å². The number of aromatic nitrogens is 1. The number of nitrogens with one attached hydrogen (secondary N) is 1. The molecule has 29 heavy (non-hydrogen) atoms. The zero-order valence-corrected chi connectivity index (χ0v) is 17.1. The fraction of sp³-hybridized carbons (Fsp3) is 0.400. The molecule has 0 aliphatic carbocycles. The highest BCUT2D eigenvalue weighted by Crippen LogP contribution is 2.21. The van der Waals surface area contributed by atoms with Crippen molar-refractivity contribution in [3.8, 4) is 0 Å². The number of likely N-dealkylation sites (tertiary alicyclic amines) is 1. The van der Waals surface area contributed by atoms with Gasteiger partial charge in [-0.1, -0.05) is 18.2 Å². The largest absolute Gasteiger partial charge is 0.303 e. The smallest absolute Gasteiger partial charge is 0.266 e. The van der Waals surface area contributed by atoms with E-state index in [1.54, 1.807) is 24.3 Å². The lowest BCUT2D eigenvalue weighted by Gasteiger charge is -2.25. The summed E-state index contributed by atoms with van der Waals surface area (Å²) in [5.74, 6) is 4.76. The molecule has 2 aromatic rings. The minimum absolute atomic E-state index is 0.0755. The number of para-hydroxylation sites is 1. The van der Waals surface area contributed by atoms with Crippen molar-refractivity contribution in [1.82, 2.24) is 15.3 Å². The first kappa shape index (κ1) is 21.2. The number of sulfonamides is 1. The number of hydrazine groups is 1. The number of benzene rings is 1. The van der Waals surface area contributed by atoms with Crippen LogP contribution in [0.4, 0.5) is 5.69 Å². The zero-order valence-electron chi connectivity index (χ0n) is 16.3. The molecule has 1 saturated heterocycles. The van der Waals surface area contributed by atoms with Crippen molar-refractivity contribution in [2.24, 2.45) is 5.84 Å². The first-order valence-electron chi connectivity index (χ1n) is 9.73. The van der Waals surface area contributed by atoms with Gasteiger partial charge in [0.05, 0.1) is 29.2 Å². The lowest BCUT2D eigenvalue weighted by molar-refractivity contribution is 0.0953. The topological polar surface area (TPSA) is 109 Å².